The van der Waals surface area contributed by atoms with Crippen molar-refractivity contribution in [2.24, 2.45) is 0 Å². The van der Waals surface area contributed by atoms with E-state index < -0.39 is 0 Å². The van der Waals surface area contributed by atoms with E-state index in [4.69, 9.17) is 5.11 Å². The van der Waals surface area contributed by atoms with Crippen LogP contribution >= 0.6 is 0 Å². The van der Waals surface area contributed by atoms with Crippen molar-refractivity contribution in [2.45, 2.75) is 39.2 Å². The second kappa shape index (κ2) is 7.03. The van der Waals surface area contributed by atoms with Gasteiger partial charge in [-0.15, -0.1) is 0 Å². The highest BCUT2D eigenvalue weighted by atomic mass is 16.3. The van der Waals surface area contributed by atoms with Gasteiger partial charge in [0.15, 0.2) is 0 Å². The molecule has 0 aromatic carbocycles. The summed E-state index contributed by atoms with van der Waals surface area (Å²) in [6.45, 7) is 5.46. The Morgan fingerprint density at radius 2 is 2.10 bits per heavy atom. The molecule has 0 fully saturated rings. The molecule has 2 N–H and O–H groups in total. The molecule has 1 unspecified atom stereocenters. The lowest BCUT2D eigenvalue weighted by atomic mass is 10.1. The van der Waals surface area contributed by atoms with Gasteiger partial charge in [0, 0.05) is 6.04 Å². The largest absolute Gasteiger partial charge is 0.395 e. The van der Waals surface area contributed by atoms with Gasteiger partial charge in [-0.3, -0.25) is 0 Å². The average molecular weight is 145 g/mol. The zero-order valence-electron chi connectivity index (χ0n) is 7.06. The molecule has 0 aromatic heterocycles. The van der Waals surface area contributed by atoms with Crippen LogP contribution in [0.4, 0.5) is 0 Å². The maximum absolute atomic E-state index is 8.82. The summed E-state index contributed by atoms with van der Waals surface area (Å²) < 4.78 is 0. The van der Waals surface area contributed by atoms with Crippen molar-refractivity contribution in [3.63, 3.8) is 0 Å². The molecule has 10 heavy (non-hydrogen) atoms. The Labute approximate surface area is 63.6 Å². The van der Waals surface area contributed by atoms with Crippen molar-refractivity contribution >= 4 is 0 Å². The van der Waals surface area contributed by atoms with Crippen molar-refractivity contribution in [2.75, 3.05) is 13.2 Å². The van der Waals surface area contributed by atoms with Crippen molar-refractivity contribution in [1.29, 1.82) is 0 Å². The molecule has 0 amide bonds. The van der Waals surface area contributed by atoms with Crippen LogP contribution in [0.3, 0.4) is 0 Å². The Bertz CT molecular complexity index is 66.3. The van der Waals surface area contributed by atoms with Crippen LogP contribution in [0.5, 0.6) is 0 Å². The van der Waals surface area contributed by atoms with E-state index >= 15 is 0 Å². The molecule has 0 aliphatic rings. The number of aliphatic hydroxyl groups excluding tert-OH is 1. The molecule has 62 valence electrons. The summed E-state index contributed by atoms with van der Waals surface area (Å²) >= 11 is 0. The van der Waals surface area contributed by atoms with Crippen molar-refractivity contribution in [1.82, 2.24) is 5.32 Å². The molecule has 2 nitrogen and oxygen atoms in total. The molecule has 0 rings (SSSR count). The van der Waals surface area contributed by atoms with Crippen molar-refractivity contribution < 1.29 is 5.11 Å². The van der Waals surface area contributed by atoms with Crippen LogP contribution in [0, 0.1) is 0 Å². The molecule has 0 bridgehead atoms. The summed E-state index contributed by atoms with van der Waals surface area (Å²) in [5.41, 5.74) is 0. The molecule has 0 spiro atoms. The lowest BCUT2D eigenvalue weighted by molar-refractivity contribution is 0.235. The smallest absolute Gasteiger partial charge is 0.0584 e. The number of unbranched alkanes of at least 4 members (excludes halogenated alkanes) is 1. The third-order valence-corrected chi connectivity index (χ3v) is 1.62. The van der Waals surface area contributed by atoms with E-state index in [2.05, 4.69) is 19.2 Å². The minimum absolute atomic E-state index is 0.272. The molecular weight excluding hydrogens is 126 g/mol. The number of aliphatic hydroxyl groups is 1. The minimum atomic E-state index is 0.272. The second-order valence-corrected chi connectivity index (χ2v) is 2.58. The molecule has 0 heterocycles. The standard InChI is InChI=1S/C8H19NO/c1-3-5-6-8(7-10)9-4-2/h8-10H,3-7H2,1-2H3. The van der Waals surface area contributed by atoms with Crippen LogP contribution in [0.1, 0.15) is 33.1 Å². The first-order valence-corrected chi connectivity index (χ1v) is 4.19. The Balaban J connectivity index is 3.21. The van der Waals surface area contributed by atoms with Gasteiger partial charge in [0.1, 0.15) is 0 Å². The summed E-state index contributed by atoms with van der Waals surface area (Å²) in [6, 6.07) is 0.324. The van der Waals surface area contributed by atoms with Gasteiger partial charge in [0.2, 0.25) is 0 Å². The van der Waals surface area contributed by atoms with Crippen LogP contribution in [-0.4, -0.2) is 24.3 Å². The van der Waals surface area contributed by atoms with Gasteiger partial charge in [-0.25, -0.2) is 0 Å². The molecular formula is C8H19NO. The molecule has 0 aliphatic heterocycles. The summed E-state index contributed by atoms with van der Waals surface area (Å²) in [4.78, 5) is 0. The first-order chi connectivity index (χ1) is 4.85. The normalized spacial score (nSPS) is 13.5. The summed E-state index contributed by atoms with van der Waals surface area (Å²) in [5.74, 6) is 0. The SMILES string of the molecule is CCCCC(CO)NCC. The molecule has 1 atom stereocenters. The predicted molar refractivity (Wildman–Crippen MR) is 44.1 cm³/mol. The van der Waals surface area contributed by atoms with Crippen LogP contribution < -0.4 is 5.32 Å². The van der Waals surface area contributed by atoms with Crippen molar-refractivity contribution in [3.05, 3.63) is 0 Å². The van der Waals surface area contributed by atoms with E-state index in [1.165, 1.54) is 12.8 Å². The second-order valence-electron chi connectivity index (χ2n) is 2.58. The lowest BCUT2D eigenvalue weighted by Crippen LogP contribution is -2.31. The van der Waals surface area contributed by atoms with Gasteiger partial charge in [-0.1, -0.05) is 26.7 Å². The van der Waals surface area contributed by atoms with Gasteiger partial charge >= 0.3 is 0 Å². The third kappa shape index (κ3) is 4.77. The molecule has 2 heteroatoms. The van der Waals surface area contributed by atoms with E-state index in [1.807, 2.05) is 0 Å². The zero-order valence-corrected chi connectivity index (χ0v) is 7.06. The molecule has 0 aliphatic carbocycles. The van der Waals surface area contributed by atoms with E-state index in [0.717, 1.165) is 13.0 Å². The highest BCUT2D eigenvalue weighted by Crippen LogP contribution is 1.98. The quantitative estimate of drug-likeness (QED) is 0.587. The predicted octanol–water partition coefficient (Wildman–Crippen LogP) is 1.15. The fourth-order valence-electron chi connectivity index (χ4n) is 0.997. The van der Waals surface area contributed by atoms with Crippen molar-refractivity contribution in [3.8, 4) is 0 Å². The minimum Gasteiger partial charge on any atom is -0.395 e. The zero-order chi connectivity index (χ0) is 7.82. The fraction of sp³-hybridized carbons (Fsp3) is 1.00. The topological polar surface area (TPSA) is 32.3 Å². The highest BCUT2D eigenvalue weighted by Gasteiger charge is 2.02. The van der Waals surface area contributed by atoms with Gasteiger partial charge in [-0.2, -0.15) is 0 Å². The van der Waals surface area contributed by atoms with Crippen LogP contribution in [-0.2, 0) is 0 Å². The maximum Gasteiger partial charge on any atom is 0.0584 e. The number of nitrogens with one attached hydrogen (secondary N) is 1. The van der Waals surface area contributed by atoms with Gasteiger partial charge < -0.3 is 10.4 Å². The van der Waals surface area contributed by atoms with E-state index in [1.54, 1.807) is 0 Å². The Morgan fingerprint density at radius 1 is 1.40 bits per heavy atom. The molecule has 0 saturated carbocycles. The van der Waals surface area contributed by atoms with Gasteiger partial charge in [0.25, 0.3) is 0 Å². The maximum atomic E-state index is 8.82. The summed E-state index contributed by atoms with van der Waals surface area (Å²) in [7, 11) is 0. The third-order valence-electron chi connectivity index (χ3n) is 1.62. The van der Waals surface area contributed by atoms with Gasteiger partial charge in [-0.05, 0) is 13.0 Å². The van der Waals surface area contributed by atoms with Crippen LogP contribution in [0.25, 0.3) is 0 Å². The number of likely N-dealkylation sites (N-methyl/N-ethyl adjacent to an activating group) is 1. The Kier molecular flexibility index (Phi) is 6.98. The number of hydrogen-bond acceptors (Lipinski definition) is 2. The van der Waals surface area contributed by atoms with Crippen LogP contribution in [0.15, 0.2) is 0 Å². The number of hydrogen-bond donors (Lipinski definition) is 2. The van der Waals surface area contributed by atoms with Gasteiger partial charge in [0.05, 0.1) is 6.61 Å². The summed E-state index contributed by atoms with van der Waals surface area (Å²) in [5, 5.41) is 12.0. The lowest BCUT2D eigenvalue weighted by Gasteiger charge is -2.13. The summed E-state index contributed by atoms with van der Waals surface area (Å²) in [6.07, 6.45) is 3.51. The Morgan fingerprint density at radius 3 is 2.50 bits per heavy atom. The molecule has 0 saturated heterocycles. The first-order valence-electron chi connectivity index (χ1n) is 4.19. The fourth-order valence-corrected chi connectivity index (χ4v) is 0.997. The Hall–Kier alpha value is -0.0800. The molecule has 0 aromatic rings. The van der Waals surface area contributed by atoms with E-state index in [-0.39, 0.29) is 6.61 Å². The first kappa shape index (κ1) is 9.92. The average Bonchev–Trinajstić information content (AvgIpc) is 1.98. The molecule has 0 radical (unpaired) electrons. The van der Waals surface area contributed by atoms with E-state index in [9.17, 15) is 0 Å². The van der Waals surface area contributed by atoms with Crippen LogP contribution in [0.2, 0.25) is 0 Å². The monoisotopic (exact) mass is 145 g/mol. The van der Waals surface area contributed by atoms with E-state index in [0.29, 0.717) is 6.04 Å². The number of rotatable bonds is 6. The highest BCUT2D eigenvalue weighted by molar-refractivity contribution is 4.62.